The molecule has 1 unspecified atom stereocenters. The third-order valence-corrected chi connectivity index (χ3v) is 6.56. The summed E-state index contributed by atoms with van der Waals surface area (Å²) >= 11 is 0. The number of alkyl carbamates (subject to hydrolysis) is 1. The third-order valence-electron chi connectivity index (χ3n) is 6.56. The molecule has 0 bridgehead atoms. The molecule has 0 aliphatic rings. The maximum atomic E-state index is 14.6. The number of halogens is 5. The molecule has 3 rings (SSSR count). The van der Waals surface area contributed by atoms with Gasteiger partial charge in [0.05, 0.1) is 24.7 Å². The van der Waals surface area contributed by atoms with Crippen molar-refractivity contribution < 1.29 is 51.0 Å². The van der Waals surface area contributed by atoms with E-state index < -0.39 is 89.3 Å². The molecule has 13 nitrogen and oxygen atoms in total. The Hall–Kier alpha value is -5.29. The van der Waals surface area contributed by atoms with Gasteiger partial charge in [-0.15, -0.1) is 0 Å². The predicted molar refractivity (Wildman–Crippen MR) is 152 cm³/mol. The van der Waals surface area contributed by atoms with Crippen LogP contribution in [-0.4, -0.2) is 81.5 Å². The minimum Gasteiger partial charge on any atom is -0.464 e. The Balaban J connectivity index is 1.93. The highest BCUT2D eigenvalue weighted by molar-refractivity contribution is 5.96. The number of nitrogens with one attached hydrogen (secondary N) is 2. The molecule has 3 aromatic rings. The average molecular weight is 657 g/mol. The zero-order chi connectivity index (χ0) is 34.3. The number of amides is 3. The summed E-state index contributed by atoms with van der Waals surface area (Å²) in [4.78, 5) is 67.2. The number of nitrogens with zero attached hydrogens (tertiary/aromatic N) is 4. The van der Waals surface area contributed by atoms with Crippen molar-refractivity contribution in [2.24, 2.45) is 0 Å². The zero-order valence-corrected chi connectivity index (χ0v) is 24.7. The number of aromatic nitrogens is 3. The molecule has 0 aliphatic heterocycles. The normalized spacial score (nSPS) is 12.3. The Kier molecular flexibility index (Phi) is 11.2. The first-order valence-electron chi connectivity index (χ1n) is 13.4. The van der Waals surface area contributed by atoms with Crippen LogP contribution in [0.5, 0.6) is 0 Å². The van der Waals surface area contributed by atoms with E-state index in [4.69, 9.17) is 0 Å². The quantitative estimate of drug-likeness (QED) is 0.208. The van der Waals surface area contributed by atoms with E-state index in [1.165, 1.54) is 35.4 Å². The van der Waals surface area contributed by atoms with Crippen LogP contribution >= 0.6 is 0 Å². The van der Waals surface area contributed by atoms with Gasteiger partial charge in [0.25, 0.3) is 5.56 Å². The number of benzene rings is 1. The second-order valence-corrected chi connectivity index (χ2v) is 10.0. The lowest BCUT2D eigenvalue weighted by Crippen LogP contribution is -2.44. The fourth-order valence-corrected chi connectivity index (χ4v) is 4.28. The molecule has 248 valence electrons. The Morgan fingerprint density at radius 2 is 1.89 bits per heavy atom. The van der Waals surface area contributed by atoms with Gasteiger partial charge in [-0.3, -0.25) is 14.4 Å². The Morgan fingerprint density at radius 1 is 1.20 bits per heavy atom. The maximum Gasteiger partial charge on any atom is 0.417 e. The molecule has 0 saturated heterocycles. The summed E-state index contributed by atoms with van der Waals surface area (Å²) in [6, 6.07) is 1.76. The van der Waals surface area contributed by atoms with Gasteiger partial charge in [0.2, 0.25) is 11.8 Å². The molecule has 3 N–H and O–H groups in total. The molecule has 3 amide bonds. The van der Waals surface area contributed by atoms with E-state index in [1.54, 1.807) is 14.1 Å². The van der Waals surface area contributed by atoms with Gasteiger partial charge in [0, 0.05) is 38.3 Å². The first-order chi connectivity index (χ1) is 21.5. The fraction of sp³-hybridized carbons (Fsp3) is 0.357. The number of fused-ring (bicyclic) bond motifs is 1. The van der Waals surface area contributed by atoms with Gasteiger partial charge in [-0.25, -0.2) is 27.9 Å². The lowest BCUT2D eigenvalue weighted by atomic mass is 10.1. The number of anilines is 1. The third kappa shape index (κ3) is 8.66. The first-order valence-corrected chi connectivity index (χ1v) is 13.4. The van der Waals surface area contributed by atoms with Crippen molar-refractivity contribution in [3.05, 3.63) is 69.9 Å². The summed E-state index contributed by atoms with van der Waals surface area (Å²) in [5.41, 5.74) is -3.05. The molecule has 46 heavy (non-hydrogen) atoms. The van der Waals surface area contributed by atoms with Gasteiger partial charge >= 0.3 is 18.4 Å². The van der Waals surface area contributed by atoms with Crippen molar-refractivity contribution in [2.45, 2.75) is 44.4 Å². The van der Waals surface area contributed by atoms with Crippen LogP contribution < -0.4 is 16.2 Å². The monoisotopic (exact) mass is 656 g/mol. The van der Waals surface area contributed by atoms with Crippen LogP contribution in [0.2, 0.25) is 0 Å². The van der Waals surface area contributed by atoms with E-state index in [0.29, 0.717) is 10.6 Å². The van der Waals surface area contributed by atoms with Crippen LogP contribution in [0.15, 0.2) is 41.3 Å². The van der Waals surface area contributed by atoms with E-state index in [1.807, 2.05) is 0 Å². The number of pyridine rings is 1. The zero-order valence-electron chi connectivity index (χ0n) is 24.7. The highest BCUT2D eigenvalue weighted by atomic mass is 19.4. The van der Waals surface area contributed by atoms with Crippen molar-refractivity contribution in [2.75, 3.05) is 26.5 Å². The van der Waals surface area contributed by atoms with Crippen LogP contribution in [0.25, 0.3) is 11.0 Å². The number of alkyl halides is 3. The lowest BCUT2D eigenvalue weighted by molar-refractivity contribution is -0.134. The standard InChI is InChI=1S/C28H29F5N6O7/c1-37(2)21(40)9-5-4-7-17(35-26(43)46-3)24(41)34-18-8-6-12-38(25(18)42)14-20-36-23-15(10-11-28(31,32)33)22(30)16(29)13-19(23)39(20)27(44)45/h5-6,8-9,12-13,17H,4,7,10-11,14H2,1-3H3,(H,34,41)(H,35,43)(H,44,45)/b9-5+. The Labute approximate surface area is 257 Å². The molecule has 0 aliphatic carbocycles. The molecule has 0 spiro atoms. The number of rotatable bonds is 11. The highest BCUT2D eigenvalue weighted by Gasteiger charge is 2.30. The largest absolute Gasteiger partial charge is 0.464 e. The van der Waals surface area contributed by atoms with Crippen LogP contribution in [0.3, 0.4) is 0 Å². The predicted octanol–water partition coefficient (Wildman–Crippen LogP) is 3.63. The molecule has 1 aromatic carbocycles. The number of carbonyl (C=O) groups excluding carboxylic acids is 3. The number of aryl methyl sites for hydroxylation is 1. The number of carboxylic acid groups (broad SMARTS) is 1. The van der Waals surface area contributed by atoms with E-state index in [0.717, 1.165) is 11.7 Å². The number of hydrogen-bond acceptors (Lipinski definition) is 7. The Morgan fingerprint density at radius 3 is 2.50 bits per heavy atom. The van der Waals surface area contributed by atoms with Crippen molar-refractivity contribution in [1.29, 1.82) is 0 Å². The summed E-state index contributed by atoms with van der Waals surface area (Å²) in [6.07, 6.45) is -5.87. The van der Waals surface area contributed by atoms with Crippen molar-refractivity contribution in [1.82, 2.24) is 24.3 Å². The second kappa shape index (κ2) is 14.7. The topological polar surface area (TPSA) is 165 Å². The smallest absolute Gasteiger partial charge is 0.417 e. The number of methoxy groups -OCH3 is 1. The molecule has 18 heteroatoms. The molecule has 0 fully saturated rings. The van der Waals surface area contributed by atoms with Crippen LogP contribution in [0.1, 0.15) is 30.7 Å². The van der Waals surface area contributed by atoms with Gasteiger partial charge in [-0.1, -0.05) is 6.08 Å². The van der Waals surface area contributed by atoms with E-state index in [2.05, 4.69) is 20.4 Å². The minimum absolute atomic E-state index is 0.00834. The second-order valence-electron chi connectivity index (χ2n) is 10.0. The molecule has 0 saturated carbocycles. The molecule has 1 atom stereocenters. The van der Waals surface area contributed by atoms with E-state index >= 15 is 0 Å². The summed E-state index contributed by atoms with van der Waals surface area (Å²) in [7, 11) is 4.16. The Bertz CT molecular complexity index is 1730. The van der Waals surface area contributed by atoms with Crippen LogP contribution in [0, 0.1) is 11.6 Å². The van der Waals surface area contributed by atoms with Gasteiger partial charge in [0.15, 0.2) is 11.6 Å². The van der Waals surface area contributed by atoms with E-state index in [9.17, 15) is 51.0 Å². The molecular weight excluding hydrogens is 627 g/mol. The van der Waals surface area contributed by atoms with Crippen molar-refractivity contribution >= 4 is 40.7 Å². The van der Waals surface area contributed by atoms with Crippen molar-refractivity contribution in [3.63, 3.8) is 0 Å². The summed E-state index contributed by atoms with van der Waals surface area (Å²) in [6.45, 7) is -0.639. The van der Waals surface area contributed by atoms with Crippen LogP contribution in [-0.2, 0) is 27.3 Å². The molecular formula is C28H29F5N6O7. The lowest BCUT2D eigenvalue weighted by Gasteiger charge is -2.17. The number of likely N-dealkylation sites (N-methyl/N-ethyl adjacent to an activating group) is 1. The van der Waals surface area contributed by atoms with Gasteiger partial charge in [0.1, 0.15) is 17.6 Å². The number of hydrogen-bond donors (Lipinski definition) is 3. The SMILES string of the molecule is COC(=O)NC(CC/C=C/C(=O)N(C)C)C(=O)Nc1cccn(Cc2nc3c(CCC(F)(F)F)c(F)c(F)cc3n2C(=O)O)c1=O. The highest BCUT2D eigenvalue weighted by Crippen LogP contribution is 2.30. The van der Waals surface area contributed by atoms with Crippen molar-refractivity contribution in [3.8, 4) is 0 Å². The van der Waals surface area contributed by atoms with Gasteiger partial charge in [-0.05, 0) is 37.5 Å². The van der Waals surface area contributed by atoms with E-state index in [-0.39, 0.29) is 24.4 Å². The number of allylic oxidation sites excluding steroid dienone is 1. The molecule has 0 radical (unpaired) electrons. The summed E-state index contributed by atoms with van der Waals surface area (Å²) in [5, 5.41) is 14.5. The summed E-state index contributed by atoms with van der Waals surface area (Å²) in [5.74, 6) is -4.82. The minimum atomic E-state index is -4.73. The number of ether oxygens (including phenoxy) is 1. The number of carbonyl (C=O) groups is 4. The average Bonchev–Trinajstić information content (AvgIpc) is 3.33. The molecule has 2 aromatic heterocycles. The fourth-order valence-electron chi connectivity index (χ4n) is 4.28. The first kappa shape index (κ1) is 35.2. The van der Waals surface area contributed by atoms with Gasteiger partial charge in [-0.2, -0.15) is 13.2 Å². The van der Waals surface area contributed by atoms with Crippen LogP contribution in [0.4, 0.5) is 37.2 Å². The summed E-state index contributed by atoms with van der Waals surface area (Å²) < 4.78 is 73.3. The molecule has 2 heterocycles. The maximum absolute atomic E-state index is 14.6. The number of imidazole rings is 1. The van der Waals surface area contributed by atoms with Gasteiger partial charge < -0.3 is 29.9 Å².